The summed E-state index contributed by atoms with van der Waals surface area (Å²) >= 11 is 7.29. The molecule has 3 rings (SSSR count). The maximum Gasteiger partial charge on any atom is 0.127 e. The zero-order valence-electron chi connectivity index (χ0n) is 11.2. The van der Waals surface area contributed by atoms with Gasteiger partial charge in [0.25, 0.3) is 0 Å². The summed E-state index contributed by atoms with van der Waals surface area (Å²) in [5.74, 6) is 1.91. The summed E-state index contributed by atoms with van der Waals surface area (Å²) in [6.45, 7) is 5.38. The number of benzene rings is 1. The Morgan fingerprint density at radius 3 is 3.05 bits per heavy atom. The molecular formula is C15H19Br2NO. The molecule has 0 aliphatic carbocycles. The highest BCUT2D eigenvalue weighted by Crippen LogP contribution is 2.35. The molecule has 1 aromatic carbocycles. The molecule has 4 heteroatoms. The smallest absolute Gasteiger partial charge is 0.127 e. The number of halogens is 2. The van der Waals surface area contributed by atoms with Crippen LogP contribution in [0.25, 0.3) is 0 Å². The molecule has 0 amide bonds. The molecule has 2 atom stereocenters. The fourth-order valence-electron chi connectivity index (χ4n) is 3.22. The Morgan fingerprint density at radius 2 is 2.26 bits per heavy atom. The van der Waals surface area contributed by atoms with Crippen molar-refractivity contribution in [3.8, 4) is 5.75 Å². The predicted molar refractivity (Wildman–Crippen MR) is 85.1 cm³/mol. The minimum Gasteiger partial charge on any atom is -0.493 e. The van der Waals surface area contributed by atoms with Crippen molar-refractivity contribution in [3.05, 3.63) is 27.7 Å². The largest absolute Gasteiger partial charge is 0.493 e. The van der Waals surface area contributed by atoms with Crippen LogP contribution in [0.2, 0.25) is 0 Å². The number of ether oxygens (including phenoxy) is 1. The highest BCUT2D eigenvalue weighted by atomic mass is 79.9. The Labute approximate surface area is 131 Å². The monoisotopic (exact) mass is 387 g/mol. The van der Waals surface area contributed by atoms with E-state index in [9.17, 15) is 0 Å². The molecule has 19 heavy (non-hydrogen) atoms. The highest BCUT2D eigenvalue weighted by molar-refractivity contribution is 9.10. The number of likely N-dealkylation sites (tertiary alicyclic amines) is 1. The van der Waals surface area contributed by atoms with Crippen LogP contribution in [0.3, 0.4) is 0 Å². The summed E-state index contributed by atoms with van der Waals surface area (Å²) in [4.78, 5) is 2.59. The molecule has 0 spiro atoms. The minimum absolute atomic E-state index is 0.649. The minimum atomic E-state index is 0.649. The molecule has 0 aromatic heterocycles. The van der Waals surface area contributed by atoms with E-state index in [0.717, 1.165) is 36.6 Å². The molecule has 0 N–H and O–H groups in total. The molecule has 104 valence electrons. The molecule has 1 saturated heterocycles. The van der Waals surface area contributed by atoms with E-state index < -0.39 is 0 Å². The van der Waals surface area contributed by atoms with E-state index in [1.165, 1.54) is 28.6 Å². The third-order valence-corrected chi connectivity index (χ3v) is 5.48. The molecule has 0 saturated carbocycles. The van der Waals surface area contributed by atoms with E-state index in [1.54, 1.807) is 0 Å². The number of fused-ring (bicyclic) bond motifs is 1. The lowest BCUT2D eigenvalue weighted by Crippen LogP contribution is -2.33. The van der Waals surface area contributed by atoms with Gasteiger partial charge in [-0.3, -0.25) is 4.90 Å². The number of alkyl halides is 1. The average molecular weight is 389 g/mol. The van der Waals surface area contributed by atoms with Crippen molar-refractivity contribution >= 4 is 31.9 Å². The standard InChI is InChI=1S/C15H19Br2NO/c1-10-2-4-18(14(10)8-16)9-12-7-13(17)6-11-3-5-19-15(11)12/h6-7,10,14H,2-5,8-9H2,1H3. The number of hydrogen-bond donors (Lipinski definition) is 0. The van der Waals surface area contributed by atoms with Crippen LogP contribution >= 0.6 is 31.9 Å². The van der Waals surface area contributed by atoms with E-state index in [2.05, 4.69) is 55.8 Å². The van der Waals surface area contributed by atoms with E-state index in [4.69, 9.17) is 4.74 Å². The summed E-state index contributed by atoms with van der Waals surface area (Å²) in [6, 6.07) is 5.06. The molecule has 2 nitrogen and oxygen atoms in total. The van der Waals surface area contributed by atoms with Crippen LogP contribution in [0, 0.1) is 5.92 Å². The van der Waals surface area contributed by atoms with Crippen LogP contribution in [0.15, 0.2) is 16.6 Å². The van der Waals surface area contributed by atoms with Gasteiger partial charge in [-0.2, -0.15) is 0 Å². The first-order valence-corrected chi connectivity index (χ1v) is 8.84. The predicted octanol–water partition coefficient (Wildman–Crippen LogP) is 3.99. The topological polar surface area (TPSA) is 12.5 Å². The Kier molecular flexibility index (Phi) is 4.20. The third-order valence-electron chi connectivity index (χ3n) is 4.35. The van der Waals surface area contributed by atoms with Gasteiger partial charge in [0.15, 0.2) is 0 Å². The van der Waals surface area contributed by atoms with Gasteiger partial charge in [-0.1, -0.05) is 38.8 Å². The van der Waals surface area contributed by atoms with Gasteiger partial charge in [-0.05, 0) is 36.6 Å². The van der Waals surface area contributed by atoms with Gasteiger partial charge in [-0.25, -0.2) is 0 Å². The summed E-state index contributed by atoms with van der Waals surface area (Å²) < 4.78 is 7.01. The number of nitrogens with zero attached hydrogens (tertiary/aromatic N) is 1. The quantitative estimate of drug-likeness (QED) is 0.726. The fourth-order valence-corrected chi connectivity index (χ4v) is 4.82. The first-order chi connectivity index (χ1) is 9.19. The first-order valence-electron chi connectivity index (χ1n) is 6.93. The molecule has 2 heterocycles. The van der Waals surface area contributed by atoms with Crippen LogP contribution in [-0.2, 0) is 13.0 Å². The van der Waals surface area contributed by atoms with Gasteiger partial charge in [0.1, 0.15) is 5.75 Å². The zero-order chi connectivity index (χ0) is 13.4. The first kappa shape index (κ1) is 13.9. The van der Waals surface area contributed by atoms with Crippen molar-refractivity contribution in [3.63, 3.8) is 0 Å². The third kappa shape index (κ3) is 2.72. The average Bonchev–Trinajstić information content (AvgIpc) is 2.96. The molecule has 2 aliphatic rings. The Bertz CT molecular complexity index is 477. The van der Waals surface area contributed by atoms with E-state index in [1.807, 2.05) is 0 Å². The molecule has 1 aromatic rings. The molecule has 0 bridgehead atoms. The van der Waals surface area contributed by atoms with E-state index in [-0.39, 0.29) is 0 Å². The number of rotatable bonds is 3. The van der Waals surface area contributed by atoms with Gasteiger partial charge in [0, 0.05) is 34.4 Å². The van der Waals surface area contributed by atoms with Gasteiger partial charge in [-0.15, -0.1) is 0 Å². The molecule has 2 aliphatic heterocycles. The normalized spacial score (nSPS) is 26.5. The van der Waals surface area contributed by atoms with E-state index >= 15 is 0 Å². The second-order valence-electron chi connectivity index (χ2n) is 5.61. The van der Waals surface area contributed by atoms with Crippen LogP contribution < -0.4 is 4.74 Å². The maximum absolute atomic E-state index is 5.83. The maximum atomic E-state index is 5.83. The lowest BCUT2D eigenvalue weighted by atomic mass is 10.0. The van der Waals surface area contributed by atoms with Gasteiger partial charge in [0.05, 0.1) is 6.61 Å². The Morgan fingerprint density at radius 1 is 1.42 bits per heavy atom. The molecular weight excluding hydrogens is 370 g/mol. The van der Waals surface area contributed by atoms with Gasteiger partial charge >= 0.3 is 0 Å². The summed E-state index contributed by atoms with van der Waals surface area (Å²) in [5, 5.41) is 1.06. The zero-order valence-corrected chi connectivity index (χ0v) is 14.3. The Balaban J connectivity index is 1.84. The lowest BCUT2D eigenvalue weighted by molar-refractivity contribution is 0.240. The molecule has 0 radical (unpaired) electrons. The van der Waals surface area contributed by atoms with Crippen molar-refractivity contribution in [1.29, 1.82) is 0 Å². The fraction of sp³-hybridized carbons (Fsp3) is 0.600. The van der Waals surface area contributed by atoms with Gasteiger partial charge < -0.3 is 4.74 Å². The van der Waals surface area contributed by atoms with Crippen LogP contribution in [-0.4, -0.2) is 29.4 Å². The van der Waals surface area contributed by atoms with Gasteiger partial charge in [0.2, 0.25) is 0 Å². The number of hydrogen-bond acceptors (Lipinski definition) is 2. The summed E-state index contributed by atoms with van der Waals surface area (Å²) in [5.41, 5.74) is 2.69. The van der Waals surface area contributed by atoms with Crippen molar-refractivity contribution in [1.82, 2.24) is 4.90 Å². The summed E-state index contributed by atoms with van der Waals surface area (Å²) in [6.07, 6.45) is 2.34. The van der Waals surface area contributed by atoms with E-state index in [0.29, 0.717) is 6.04 Å². The van der Waals surface area contributed by atoms with Crippen LogP contribution in [0.1, 0.15) is 24.5 Å². The van der Waals surface area contributed by atoms with Crippen LogP contribution in [0.4, 0.5) is 0 Å². The summed E-state index contributed by atoms with van der Waals surface area (Å²) in [7, 11) is 0. The second kappa shape index (κ2) is 5.74. The molecule has 1 fully saturated rings. The second-order valence-corrected chi connectivity index (χ2v) is 7.17. The lowest BCUT2D eigenvalue weighted by Gasteiger charge is -2.26. The Hall–Kier alpha value is -0.0600. The van der Waals surface area contributed by atoms with Crippen molar-refractivity contribution < 1.29 is 4.74 Å². The van der Waals surface area contributed by atoms with Crippen LogP contribution in [0.5, 0.6) is 5.75 Å². The highest BCUT2D eigenvalue weighted by Gasteiger charge is 2.31. The van der Waals surface area contributed by atoms with Crippen molar-refractivity contribution in [2.24, 2.45) is 5.92 Å². The van der Waals surface area contributed by atoms with Crippen molar-refractivity contribution in [2.75, 3.05) is 18.5 Å². The molecule has 2 unspecified atom stereocenters. The SMILES string of the molecule is CC1CCN(Cc2cc(Br)cc3c2OCC3)C1CBr. The van der Waals surface area contributed by atoms with Crippen molar-refractivity contribution in [2.45, 2.75) is 32.4 Å².